The van der Waals surface area contributed by atoms with E-state index >= 15 is 0 Å². The van der Waals surface area contributed by atoms with Gasteiger partial charge in [0, 0.05) is 37.1 Å². The summed E-state index contributed by atoms with van der Waals surface area (Å²) in [5.41, 5.74) is 10.4. The van der Waals surface area contributed by atoms with Crippen LogP contribution in [0.1, 0.15) is 71.9 Å². The van der Waals surface area contributed by atoms with E-state index in [0.717, 1.165) is 55.3 Å². The van der Waals surface area contributed by atoms with Crippen LogP contribution in [0.2, 0.25) is 0 Å². The molecule has 2 aromatic carbocycles. The smallest absolute Gasteiger partial charge is 0.304 e. The van der Waals surface area contributed by atoms with Crippen molar-refractivity contribution in [3.8, 4) is 21.1 Å². The summed E-state index contributed by atoms with van der Waals surface area (Å²) in [6, 6.07) is 19.9. The molecule has 4 heterocycles. The second-order valence-electron chi connectivity index (χ2n) is 13.0. The van der Waals surface area contributed by atoms with Crippen LogP contribution >= 0.6 is 22.7 Å². The summed E-state index contributed by atoms with van der Waals surface area (Å²) in [4.78, 5) is 28.8. The minimum absolute atomic E-state index is 0.131. The average Bonchev–Trinajstić information content (AvgIpc) is 3.92. The molecule has 6 aromatic rings. The normalized spacial score (nSPS) is 12.8. The van der Waals surface area contributed by atoms with E-state index in [9.17, 15) is 22.6 Å². The summed E-state index contributed by atoms with van der Waals surface area (Å²) in [5, 5.41) is 17.5. The molecule has 0 saturated heterocycles. The molecule has 14 heteroatoms. The second-order valence-corrected chi connectivity index (χ2v) is 16.6. The molecule has 0 atom stereocenters. The SMILES string of the molecule is Cc1ccc(Cn2nc(C(=O)NCCCNC(=O)c3nn(Cc4ccc(C)cc4)c4c3Cc3cc(S(=O)(=O)O)sc3-4)c3c2-c2sccc2C3)cc1. The largest absolute Gasteiger partial charge is 0.351 e. The summed E-state index contributed by atoms with van der Waals surface area (Å²) < 4.78 is 37.0. The van der Waals surface area contributed by atoms with Gasteiger partial charge in [0.05, 0.1) is 34.2 Å². The Hall–Kier alpha value is -4.89. The first kappa shape index (κ1) is 33.3. The van der Waals surface area contributed by atoms with Gasteiger partial charge in [0.25, 0.3) is 11.8 Å². The van der Waals surface area contributed by atoms with Gasteiger partial charge in [-0.15, -0.1) is 22.7 Å². The molecular weight excluding hydrogens is 705 g/mol. The summed E-state index contributed by atoms with van der Waals surface area (Å²) >= 11 is 2.65. The number of benzene rings is 2. The van der Waals surface area contributed by atoms with Crippen LogP contribution in [0.25, 0.3) is 21.1 Å². The number of aryl methyl sites for hydroxylation is 2. The van der Waals surface area contributed by atoms with E-state index in [0.29, 0.717) is 61.7 Å². The maximum atomic E-state index is 13.5. The highest BCUT2D eigenvalue weighted by atomic mass is 32.3. The van der Waals surface area contributed by atoms with Gasteiger partial charge >= 0.3 is 10.1 Å². The fraction of sp³-hybridized carbons (Fsp3) is 0.243. The maximum absolute atomic E-state index is 13.5. The van der Waals surface area contributed by atoms with E-state index in [4.69, 9.17) is 5.10 Å². The van der Waals surface area contributed by atoms with Crippen LogP contribution in [0.15, 0.2) is 70.3 Å². The molecule has 0 unspecified atom stereocenters. The van der Waals surface area contributed by atoms with Crippen molar-refractivity contribution in [1.29, 1.82) is 0 Å². The van der Waals surface area contributed by atoms with Gasteiger partial charge in [0.1, 0.15) is 4.21 Å². The fourth-order valence-electron chi connectivity index (χ4n) is 6.75. The number of carbonyl (C=O) groups is 2. The van der Waals surface area contributed by atoms with Crippen LogP contribution in [-0.4, -0.2) is 57.4 Å². The van der Waals surface area contributed by atoms with Gasteiger partial charge in [0.15, 0.2) is 11.4 Å². The van der Waals surface area contributed by atoms with Crippen molar-refractivity contribution < 1.29 is 22.6 Å². The molecular formula is C37H34N6O5S3. The van der Waals surface area contributed by atoms with Gasteiger partial charge in [-0.1, -0.05) is 59.7 Å². The minimum Gasteiger partial charge on any atom is -0.351 e. The second kappa shape index (κ2) is 13.0. The topological polar surface area (TPSA) is 148 Å². The predicted molar refractivity (Wildman–Crippen MR) is 196 cm³/mol. The number of amides is 2. The number of nitrogens with one attached hydrogen (secondary N) is 2. The van der Waals surface area contributed by atoms with E-state index in [1.165, 1.54) is 17.2 Å². The van der Waals surface area contributed by atoms with Gasteiger partial charge < -0.3 is 10.6 Å². The standard InChI is InChI=1S/C37H34N6O5S3/c1-21-4-8-23(9-5-21)19-42-32-27(16-25-12-15-49-34(25)32)30(40-42)36(44)38-13-3-14-39-37(45)31-28-17-26-18-29(51(46,47)48)50-35(26)33(28)43(41-31)20-24-10-6-22(2)7-11-24/h4-12,15,18H,3,13-14,16-17,19-20H2,1-2H3,(H,38,44)(H,39,45)(H,46,47,48). The first-order valence-corrected chi connectivity index (χ1v) is 19.7. The predicted octanol–water partition coefficient (Wildman–Crippen LogP) is 5.86. The summed E-state index contributed by atoms with van der Waals surface area (Å²) in [7, 11) is -4.36. The summed E-state index contributed by atoms with van der Waals surface area (Å²) in [5.74, 6) is -0.581. The highest BCUT2D eigenvalue weighted by Gasteiger charge is 2.34. The average molecular weight is 739 g/mol. The summed E-state index contributed by atoms with van der Waals surface area (Å²) in [6.07, 6.45) is 1.50. The zero-order valence-corrected chi connectivity index (χ0v) is 30.3. The molecule has 0 radical (unpaired) electrons. The van der Waals surface area contributed by atoms with Gasteiger partial charge in [-0.25, -0.2) is 0 Å². The van der Waals surface area contributed by atoms with Gasteiger partial charge in [-0.05, 0) is 60.0 Å². The summed E-state index contributed by atoms with van der Waals surface area (Å²) in [6.45, 7) is 5.67. The Labute approximate surface area is 302 Å². The molecule has 51 heavy (non-hydrogen) atoms. The van der Waals surface area contributed by atoms with Gasteiger partial charge in [-0.3, -0.25) is 23.5 Å². The van der Waals surface area contributed by atoms with Crippen LogP contribution in [0.4, 0.5) is 0 Å². The molecule has 2 aliphatic rings. The van der Waals surface area contributed by atoms with Crippen molar-refractivity contribution in [1.82, 2.24) is 30.2 Å². The zero-order chi connectivity index (χ0) is 35.4. The van der Waals surface area contributed by atoms with Crippen LogP contribution in [-0.2, 0) is 36.0 Å². The van der Waals surface area contributed by atoms with Crippen molar-refractivity contribution in [2.45, 2.75) is 50.4 Å². The molecule has 0 spiro atoms. The van der Waals surface area contributed by atoms with E-state index in [1.54, 1.807) is 16.0 Å². The monoisotopic (exact) mass is 738 g/mol. The molecule has 4 aromatic heterocycles. The fourth-order valence-corrected chi connectivity index (χ4v) is 9.71. The first-order chi connectivity index (χ1) is 24.5. The molecule has 11 nitrogen and oxygen atoms in total. The van der Waals surface area contributed by atoms with E-state index < -0.39 is 10.1 Å². The van der Waals surface area contributed by atoms with E-state index in [-0.39, 0.29) is 21.7 Å². The molecule has 0 bridgehead atoms. The lowest BCUT2D eigenvalue weighted by atomic mass is 10.1. The molecule has 0 fully saturated rings. The van der Waals surface area contributed by atoms with Crippen molar-refractivity contribution >= 4 is 44.6 Å². The number of thiophene rings is 2. The molecule has 0 saturated carbocycles. The Balaban J connectivity index is 0.940. The molecule has 0 aliphatic heterocycles. The first-order valence-electron chi connectivity index (χ1n) is 16.6. The number of aromatic nitrogens is 4. The van der Waals surface area contributed by atoms with E-state index in [1.807, 2.05) is 35.9 Å². The maximum Gasteiger partial charge on any atom is 0.304 e. The number of rotatable bonds is 11. The van der Waals surface area contributed by atoms with Gasteiger partial charge in [-0.2, -0.15) is 18.6 Å². The van der Waals surface area contributed by atoms with Crippen molar-refractivity contribution in [3.63, 3.8) is 0 Å². The third-order valence-electron chi connectivity index (χ3n) is 9.31. The lowest BCUT2D eigenvalue weighted by molar-refractivity contribution is 0.0945. The van der Waals surface area contributed by atoms with Crippen LogP contribution in [0, 0.1) is 13.8 Å². The molecule has 260 valence electrons. The highest BCUT2D eigenvalue weighted by Crippen LogP contribution is 2.45. The Bertz CT molecular complexity index is 2440. The third kappa shape index (κ3) is 6.33. The number of carbonyl (C=O) groups excluding carboxylic acids is 2. The van der Waals surface area contributed by atoms with Gasteiger partial charge in [0.2, 0.25) is 0 Å². The molecule has 8 rings (SSSR count). The number of hydrogen-bond donors (Lipinski definition) is 3. The number of nitrogens with zero attached hydrogens (tertiary/aromatic N) is 4. The van der Waals surface area contributed by atoms with E-state index in [2.05, 4.69) is 58.4 Å². The van der Waals surface area contributed by atoms with Crippen molar-refractivity contribution in [3.05, 3.63) is 122 Å². The Kier molecular flexibility index (Phi) is 8.49. The lowest BCUT2D eigenvalue weighted by Crippen LogP contribution is -2.31. The number of hydrogen-bond acceptors (Lipinski definition) is 8. The molecule has 2 aliphatic carbocycles. The highest BCUT2D eigenvalue weighted by molar-refractivity contribution is 7.88. The molecule has 2 amide bonds. The Morgan fingerprint density at radius 1 is 0.765 bits per heavy atom. The lowest BCUT2D eigenvalue weighted by Gasteiger charge is -2.07. The quantitative estimate of drug-likeness (QED) is 0.111. The van der Waals surface area contributed by atoms with Crippen LogP contribution in [0.5, 0.6) is 0 Å². The third-order valence-corrected chi connectivity index (χ3v) is 12.8. The number of fused-ring (bicyclic) bond motifs is 6. The van der Waals surface area contributed by atoms with Crippen molar-refractivity contribution in [2.24, 2.45) is 0 Å². The van der Waals surface area contributed by atoms with Crippen LogP contribution in [0.3, 0.4) is 0 Å². The Morgan fingerprint density at radius 2 is 1.27 bits per heavy atom. The molecule has 3 N–H and O–H groups in total. The van der Waals surface area contributed by atoms with Crippen LogP contribution < -0.4 is 10.6 Å². The zero-order valence-electron chi connectivity index (χ0n) is 27.9. The minimum atomic E-state index is -4.36. The van der Waals surface area contributed by atoms with Crippen molar-refractivity contribution in [2.75, 3.05) is 13.1 Å². The Morgan fingerprint density at radius 3 is 1.80 bits per heavy atom.